The van der Waals surface area contributed by atoms with Crippen LogP contribution in [0.2, 0.25) is 0 Å². The highest BCUT2D eigenvalue weighted by molar-refractivity contribution is 8.00. The maximum absolute atomic E-state index is 11.4. The summed E-state index contributed by atoms with van der Waals surface area (Å²) in [4.78, 5) is 12.1. The van der Waals surface area contributed by atoms with Gasteiger partial charge in [-0.05, 0) is 17.8 Å². The second-order valence-electron chi connectivity index (χ2n) is 3.52. The number of hydrogen-bond donors (Lipinski definition) is 1. The number of thioether (sulfide) groups is 1. The first-order valence-corrected chi connectivity index (χ1v) is 7.67. The molecule has 0 saturated carbocycles. The van der Waals surface area contributed by atoms with Crippen LogP contribution in [0.25, 0.3) is 20.9 Å². The molecule has 2 N–H and O–H groups in total. The van der Waals surface area contributed by atoms with E-state index in [0.29, 0.717) is 4.88 Å². The average Bonchev–Trinajstić information content (AvgIpc) is 2.91. The van der Waals surface area contributed by atoms with Gasteiger partial charge in [0.05, 0.1) is 8.91 Å². The summed E-state index contributed by atoms with van der Waals surface area (Å²) in [6.07, 6.45) is 3.86. The van der Waals surface area contributed by atoms with Gasteiger partial charge in [-0.15, -0.1) is 23.1 Å². The van der Waals surface area contributed by atoms with Crippen LogP contribution in [0, 0.1) is 0 Å². The third-order valence-electron chi connectivity index (χ3n) is 2.58. The van der Waals surface area contributed by atoms with Crippen LogP contribution in [-0.2, 0) is 0 Å². The Morgan fingerprint density at radius 2 is 2.29 bits per heavy atom. The molecule has 6 heteroatoms. The van der Waals surface area contributed by atoms with Crippen molar-refractivity contribution in [3.05, 3.63) is 23.2 Å². The van der Waals surface area contributed by atoms with Gasteiger partial charge in [0.2, 0.25) is 0 Å². The first kappa shape index (κ1) is 11.0. The number of rotatable bonds is 2. The van der Waals surface area contributed by atoms with Gasteiger partial charge in [-0.2, -0.15) is 4.37 Å². The summed E-state index contributed by atoms with van der Waals surface area (Å²) in [6, 6.07) is 3.95. The predicted molar refractivity (Wildman–Crippen MR) is 75.3 cm³/mol. The zero-order valence-corrected chi connectivity index (χ0v) is 11.3. The van der Waals surface area contributed by atoms with Crippen molar-refractivity contribution in [2.45, 2.75) is 4.21 Å². The Labute approximate surface area is 110 Å². The van der Waals surface area contributed by atoms with Crippen molar-refractivity contribution in [2.75, 3.05) is 6.26 Å². The third-order valence-corrected chi connectivity index (χ3v) is 5.75. The number of nitrogens with zero attached hydrogens (tertiary/aromatic N) is 1. The highest BCUT2D eigenvalue weighted by Crippen LogP contribution is 2.42. The highest BCUT2D eigenvalue weighted by Gasteiger charge is 2.17. The van der Waals surface area contributed by atoms with Crippen molar-refractivity contribution in [3.8, 4) is 0 Å². The van der Waals surface area contributed by atoms with E-state index in [-0.39, 0.29) is 5.91 Å². The fourth-order valence-electron chi connectivity index (χ4n) is 1.85. The van der Waals surface area contributed by atoms with E-state index in [1.165, 1.54) is 22.9 Å². The first-order valence-electron chi connectivity index (χ1n) is 4.86. The number of hydrogen-bond acceptors (Lipinski definition) is 5. The van der Waals surface area contributed by atoms with Crippen LogP contribution in [0.15, 0.2) is 22.5 Å². The number of fused-ring (bicyclic) bond motifs is 3. The van der Waals surface area contributed by atoms with E-state index in [1.54, 1.807) is 11.8 Å². The van der Waals surface area contributed by atoms with E-state index in [0.717, 1.165) is 25.1 Å². The van der Waals surface area contributed by atoms with Gasteiger partial charge >= 0.3 is 0 Å². The number of thiophene rings is 1. The van der Waals surface area contributed by atoms with Gasteiger partial charge in [0.1, 0.15) is 4.88 Å². The zero-order valence-electron chi connectivity index (χ0n) is 8.89. The summed E-state index contributed by atoms with van der Waals surface area (Å²) in [5, 5.41) is 3.19. The summed E-state index contributed by atoms with van der Waals surface area (Å²) >= 11 is 4.57. The molecule has 0 saturated heterocycles. The number of amides is 1. The molecule has 2 heterocycles. The van der Waals surface area contributed by atoms with Crippen molar-refractivity contribution < 1.29 is 4.79 Å². The maximum atomic E-state index is 11.4. The number of carbonyl (C=O) groups excluding carboxylic acids is 1. The second kappa shape index (κ2) is 3.97. The molecule has 0 unspecified atom stereocenters. The molecule has 3 aromatic rings. The van der Waals surface area contributed by atoms with Crippen LogP contribution in [0.4, 0.5) is 0 Å². The third kappa shape index (κ3) is 1.55. The van der Waals surface area contributed by atoms with Gasteiger partial charge < -0.3 is 5.73 Å². The monoisotopic (exact) mass is 280 g/mol. The minimum Gasteiger partial charge on any atom is -0.365 e. The normalized spacial score (nSPS) is 11.4. The minimum absolute atomic E-state index is 0.357. The molecule has 17 heavy (non-hydrogen) atoms. The fourth-order valence-corrected chi connectivity index (χ4v) is 4.66. The Hall–Kier alpha value is -1.11. The lowest BCUT2D eigenvalue weighted by Crippen LogP contribution is -2.08. The van der Waals surface area contributed by atoms with Gasteiger partial charge in [-0.25, -0.2) is 0 Å². The number of nitrogens with two attached hydrogens (primary N) is 1. The molecule has 0 bridgehead atoms. The van der Waals surface area contributed by atoms with Crippen LogP contribution >= 0.6 is 34.6 Å². The molecule has 0 aliphatic rings. The summed E-state index contributed by atoms with van der Waals surface area (Å²) < 4.78 is 6.47. The molecule has 3 rings (SSSR count). The number of carbonyl (C=O) groups is 1. The van der Waals surface area contributed by atoms with Crippen molar-refractivity contribution in [1.82, 2.24) is 4.37 Å². The van der Waals surface area contributed by atoms with Gasteiger partial charge in [0.25, 0.3) is 5.91 Å². The SMILES string of the molecule is CSc1sc(C(N)=O)c2ccc3cnsc3c12. The predicted octanol–water partition coefficient (Wildman–Crippen LogP) is 3.33. The topological polar surface area (TPSA) is 56.0 Å². The van der Waals surface area contributed by atoms with E-state index in [9.17, 15) is 4.79 Å². The molecular weight excluding hydrogens is 272 g/mol. The Morgan fingerprint density at radius 3 is 3.00 bits per heavy atom. The summed E-state index contributed by atoms with van der Waals surface area (Å²) in [5.41, 5.74) is 5.42. The van der Waals surface area contributed by atoms with Crippen molar-refractivity contribution >= 4 is 61.4 Å². The largest absolute Gasteiger partial charge is 0.365 e. The van der Waals surface area contributed by atoms with E-state index in [2.05, 4.69) is 4.37 Å². The molecule has 0 radical (unpaired) electrons. The van der Waals surface area contributed by atoms with Gasteiger partial charge in [-0.1, -0.05) is 12.1 Å². The number of aromatic nitrogens is 1. The summed E-state index contributed by atoms with van der Waals surface area (Å²) in [7, 11) is 0. The van der Waals surface area contributed by atoms with E-state index < -0.39 is 0 Å². The van der Waals surface area contributed by atoms with Gasteiger partial charge in [-0.3, -0.25) is 4.79 Å². The van der Waals surface area contributed by atoms with E-state index in [1.807, 2.05) is 24.6 Å². The minimum atomic E-state index is -0.357. The first-order chi connectivity index (χ1) is 8.22. The lowest BCUT2D eigenvalue weighted by Gasteiger charge is -1.95. The standard InChI is InChI=1S/C11H8N2OS3/c1-15-11-7-6(9(16-11)10(12)14)3-2-5-4-13-17-8(5)7/h2-4H,1H3,(H2,12,14). The quantitative estimate of drug-likeness (QED) is 0.732. The Balaban J connectivity index is 2.53. The number of primary amides is 1. The molecule has 1 aromatic carbocycles. The second-order valence-corrected chi connectivity index (χ2v) is 6.42. The smallest absolute Gasteiger partial charge is 0.259 e. The Morgan fingerprint density at radius 1 is 1.47 bits per heavy atom. The molecule has 1 amide bonds. The molecule has 0 fully saturated rings. The average molecular weight is 280 g/mol. The molecule has 86 valence electrons. The van der Waals surface area contributed by atoms with Crippen molar-refractivity contribution in [3.63, 3.8) is 0 Å². The van der Waals surface area contributed by atoms with Crippen LogP contribution < -0.4 is 5.73 Å². The Bertz CT molecular complexity index is 729. The lowest BCUT2D eigenvalue weighted by atomic mass is 10.1. The molecular formula is C11H8N2OS3. The van der Waals surface area contributed by atoms with E-state index >= 15 is 0 Å². The molecule has 0 aliphatic heterocycles. The van der Waals surface area contributed by atoms with Crippen molar-refractivity contribution in [1.29, 1.82) is 0 Å². The Kier molecular flexibility index (Phi) is 2.57. The zero-order chi connectivity index (χ0) is 12.0. The van der Waals surface area contributed by atoms with Crippen molar-refractivity contribution in [2.24, 2.45) is 5.73 Å². The molecule has 2 aromatic heterocycles. The molecule has 0 aliphatic carbocycles. The summed E-state index contributed by atoms with van der Waals surface area (Å²) in [5.74, 6) is -0.357. The van der Waals surface area contributed by atoms with Crippen LogP contribution in [0.1, 0.15) is 9.67 Å². The molecule has 0 atom stereocenters. The highest BCUT2D eigenvalue weighted by atomic mass is 32.2. The number of benzene rings is 1. The molecule has 0 spiro atoms. The van der Waals surface area contributed by atoms with Crippen LogP contribution in [0.5, 0.6) is 0 Å². The lowest BCUT2D eigenvalue weighted by molar-refractivity contribution is 0.101. The molecule has 3 nitrogen and oxygen atoms in total. The summed E-state index contributed by atoms with van der Waals surface area (Å²) in [6.45, 7) is 0. The van der Waals surface area contributed by atoms with E-state index in [4.69, 9.17) is 5.73 Å². The maximum Gasteiger partial charge on any atom is 0.259 e. The van der Waals surface area contributed by atoms with Gasteiger partial charge in [0.15, 0.2) is 0 Å². The van der Waals surface area contributed by atoms with Crippen LogP contribution in [0.3, 0.4) is 0 Å². The van der Waals surface area contributed by atoms with Gasteiger partial charge in [0, 0.05) is 22.4 Å². The fraction of sp³-hybridized carbons (Fsp3) is 0.0909. The van der Waals surface area contributed by atoms with Crippen LogP contribution in [-0.4, -0.2) is 16.5 Å².